The number of piperazine rings is 1. The number of anilines is 1. The molecule has 3 saturated heterocycles. The average Bonchev–Trinajstić information content (AvgIpc) is 3.32. The van der Waals surface area contributed by atoms with E-state index in [0.717, 1.165) is 36.1 Å². The molecule has 0 saturated carbocycles. The number of ether oxygens (including phenoxy) is 1. The minimum Gasteiger partial charge on any atom is -0.509 e. The number of phenolic OH excluding ortho intramolecular Hbond substituents is 1. The number of carbonyl (C=O) groups is 5. The number of carbonyl (C=O) groups excluding carboxylic acids is 4. The molecule has 0 aliphatic carbocycles. The third kappa shape index (κ3) is 8.98. The first-order valence-electron chi connectivity index (χ1n) is 18.5. The van der Waals surface area contributed by atoms with E-state index in [1.807, 2.05) is 29.2 Å². The molecule has 52 heavy (non-hydrogen) atoms. The molecule has 1 atom stereocenters. The number of piperidine rings is 2. The highest BCUT2D eigenvalue weighted by atomic mass is 16.6. The van der Waals surface area contributed by atoms with E-state index in [4.69, 9.17) is 9.84 Å². The van der Waals surface area contributed by atoms with E-state index in [2.05, 4.69) is 10.2 Å². The van der Waals surface area contributed by atoms with Crippen molar-refractivity contribution in [1.29, 1.82) is 0 Å². The topological polar surface area (TPSA) is 163 Å². The Bertz CT molecular complexity index is 1640. The van der Waals surface area contributed by atoms with E-state index in [1.165, 1.54) is 0 Å². The predicted octanol–water partition coefficient (Wildman–Crippen LogP) is 1.25. The molecular formula is C37H49BN6O8. The number of likely N-dealkylation sites (tertiary alicyclic amines) is 2. The van der Waals surface area contributed by atoms with Crippen molar-refractivity contribution in [2.45, 2.75) is 69.6 Å². The van der Waals surface area contributed by atoms with Crippen LogP contribution in [-0.4, -0.2) is 150 Å². The summed E-state index contributed by atoms with van der Waals surface area (Å²) in [6.45, 7) is 4.94. The number of nitrogens with one attached hydrogen (secondary N) is 1. The second-order valence-corrected chi connectivity index (χ2v) is 14.3. The Morgan fingerprint density at radius 1 is 0.827 bits per heavy atom. The largest absolute Gasteiger partial charge is 0.509 e. The molecule has 4 heterocycles. The summed E-state index contributed by atoms with van der Waals surface area (Å²) in [4.78, 5) is 73.3. The highest BCUT2D eigenvalue weighted by Crippen LogP contribution is 2.26. The van der Waals surface area contributed by atoms with Crippen LogP contribution in [-0.2, 0) is 32.0 Å². The maximum absolute atomic E-state index is 14.0. The van der Waals surface area contributed by atoms with Gasteiger partial charge in [0.2, 0.25) is 5.91 Å². The zero-order valence-electron chi connectivity index (χ0n) is 29.9. The van der Waals surface area contributed by atoms with Crippen molar-refractivity contribution in [3.8, 4) is 5.75 Å². The Hall–Kier alpha value is -4.79. The number of hydrogen-bond acceptors (Lipinski definition) is 8. The molecule has 0 bridgehead atoms. The van der Waals surface area contributed by atoms with E-state index in [1.54, 1.807) is 40.7 Å². The number of aliphatic carboxylic acids is 1. The summed E-state index contributed by atoms with van der Waals surface area (Å²) >= 11 is 0. The summed E-state index contributed by atoms with van der Waals surface area (Å²) < 4.78 is 6.01. The minimum absolute atomic E-state index is 0.0105. The summed E-state index contributed by atoms with van der Waals surface area (Å²) in [5, 5.41) is 22.0. The van der Waals surface area contributed by atoms with E-state index in [-0.39, 0.29) is 54.9 Å². The summed E-state index contributed by atoms with van der Waals surface area (Å²) in [5.74, 6) is -1.20. The van der Waals surface area contributed by atoms with Crippen molar-refractivity contribution in [2.24, 2.45) is 0 Å². The third-order valence-corrected chi connectivity index (χ3v) is 11.0. The number of rotatable bonds is 9. The zero-order valence-corrected chi connectivity index (χ0v) is 29.9. The van der Waals surface area contributed by atoms with Crippen LogP contribution < -0.4 is 10.8 Å². The fourth-order valence-corrected chi connectivity index (χ4v) is 7.90. The number of hydrogen-bond donors (Lipinski definition) is 3. The molecule has 4 aliphatic heterocycles. The van der Waals surface area contributed by atoms with Gasteiger partial charge in [-0.1, -0.05) is 30.3 Å². The number of phenols is 1. The number of carboxylic acids is 1. The van der Waals surface area contributed by atoms with Crippen LogP contribution in [0.3, 0.4) is 0 Å². The van der Waals surface area contributed by atoms with Crippen molar-refractivity contribution in [3.05, 3.63) is 53.6 Å². The summed E-state index contributed by atoms with van der Waals surface area (Å²) in [6, 6.07) is 13.1. The van der Waals surface area contributed by atoms with Crippen LogP contribution in [0.1, 0.15) is 49.7 Å². The lowest BCUT2D eigenvalue weighted by molar-refractivity contribution is -0.143. The fraction of sp³-hybridized carbons (Fsp3) is 0.541. The molecule has 0 spiro atoms. The SMILES string of the molecule is Bc1cc(C[C@@H](OC(=O)N2CCC(N3CCc4ccccc4NC3=O)CC2)C(=O)N2CCC(N3CCN(C(=O)CCC(=O)O)CC3)CC2)ccc1O. The normalized spacial score (nSPS) is 19.7. The molecule has 4 aliphatic rings. The van der Waals surface area contributed by atoms with Gasteiger partial charge in [0.05, 0.1) is 6.42 Å². The number of urea groups is 1. The summed E-state index contributed by atoms with van der Waals surface area (Å²) in [5.41, 5.74) is 3.38. The molecular weight excluding hydrogens is 667 g/mol. The Balaban J connectivity index is 1.03. The van der Waals surface area contributed by atoms with Gasteiger partial charge in [0.25, 0.3) is 5.91 Å². The van der Waals surface area contributed by atoms with Crippen LogP contribution in [0.5, 0.6) is 5.75 Å². The maximum atomic E-state index is 14.0. The highest BCUT2D eigenvalue weighted by Gasteiger charge is 2.37. The second kappa shape index (κ2) is 16.7. The molecule has 0 aromatic heterocycles. The number of aromatic hydroxyl groups is 1. The molecule has 0 radical (unpaired) electrons. The molecule has 14 nitrogen and oxygen atoms in total. The minimum atomic E-state index is -1.04. The Morgan fingerprint density at radius 2 is 1.50 bits per heavy atom. The van der Waals surface area contributed by atoms with Gasteiger partial charge in [-0.15, -0.1) is 0 Å². The molecule has 2 aromatic carbocycles. The number of para-hydroxylation sites is 1. The average molecular weight is 717 g/mol. The molecule has 6 rings (SSSR count). The van der Waals surface area contributed by atoms with Crippen molar-refractivity contribution in [3.63, 3.8) is 0 Å². The molecule has 278 valence electrons. The van der Waals surface area contributed by atoms with Gasteiger partial charge in [0.1, 0.15) is 13.6 Å². The van der Waals surface area contributed by atoms with Gasteiger partial charge in [0.15, 0.2) is 6.10 Å². The molecule has 5 amide bonds. The van der Waals surface area contributed by atoms with Gasteiger partial charge in [0, 0.05) is 89.5 Å². The van der Waals surface area contributed by atoms with E-state index < -0.39 is 18.2 Å². The Labute approximate surface area is 305 Å². The van der Waals surface area contributed by atoms with Crippen molar-refractivity contribution in [2.75, 3.05) is 64.2 Å². The van der Waals surface area contributed by atoms with Crippen LogP contribution in [0.15, 0.2) is 42.5 Å². The summed E-state index contributed by atoms with van der Waals surface area (Å²) in [7, 11) is 1.78. The number of amides is 5. The maximum Gasteiger partial charge on any atom is 0.410 e. The lowest BCUT2D eigenvalue weighted by Gasteiger charge is -2.43. The smallest absolute Gasteiger partial charge is 0.410 e. The second-order valence-electron chi connectivity index (χ2n) is 14.3. The Kier molecular flexibility index (Phi) is 11.9. The molecule has 3 fully saturated rings. The van der Waals surface area contributed by atoms with Crippen molar-refractivity contribution < 1.29 is 38.9 Å². The standard InChI is InChI=1S/C37H49BN6O8/c38-29-23-25(5-6-31(29)45)24-32(35(49)42-14-10-27(11-15-42)40-19-21-41(22-20-40)33(46)7-8-34(47)48)52-37(51)43-16-12-28(13-17-43)44-18-9-26-3-1-2-4-30(26)39-36(44)50/h1-6,23,27-28,32,45H,7-22,24,38H2,(H,39,50)(H,47,48)/t32-/m1/s1. The van der Waals surface area contributed by atoms with E-state index in [0.29, 0.717) is 77.2 Å². The fourth-order valence-electron chi connectivity index (χ4n) is 7.90. The van der Waals surface area contributed by atoms with Gasteiger partial charge in [-0.3, -0.25) is 19.3 Å². The first kappa shape index (κ1) is 37.0. The zero-order chi connectivity index (χ0) is 36.8. The lowest BCUT2D eigenvalue weighted by Crippen LogP contribution is -2.56. The van der Waals surface area contributed by atoms with Gasteiger partial charge < -0.3 is 39.9 Å². The van der Waals surface area contributed by atoms with Crippen molar-refractivity contribution in [1.82, 2.24) is 24.5 Å². The Morgan fingerprint density at radius 3 is 2.19 bits per heavy atom. The summed E-state index contributed by atoms with van der Waals surface area (Å²) in [6.07, 6.45) is 1.89. The lowest BCUT2D eigenvalue weighted by atomic mass is 9.91. The number of carboxylic acid groups (broad SMARTS) is 1. The van der Waals surface area contributed by atoms with Gasteiger partial charge in [-0.2, -0.15) is 0 Å². The van der Waals surface area contributed by atoms with Crippen molar-refractivity contribution >= 4 is 48.9 Å². The molecule has 15 heteroatoms. The highest BCUT2D eigenvalue weighted by molar-refractivity contribution is 6.34. The number of nitrogens with zero attached hydrogens (tertiary/aromatic N) is 5. The van der Waals surface area contributed by atoms with Crippen LogP contribution in [0.4, 0.5) is 15.3 Å². The monoisotopic (exact) mass is 716 g/mol. The van der Waals surface area contributed by atoms with Crippen LogP contribution in [0.25, 0.3) is 0 Å². The predicted molar refractivity (Wildman–Crippen MR) is 195 cm³/mol. The van der Waals surface area contributed by atoms with Gasteiger partial charge in [-0.05, 0) is 60.8 Å². The quantitative estimate of drug-likeness (QED) is 0.325. The van der Waals surface area contributed by atoms with Gasteiger partial charge >= 0.3 is 18.1 Å². The number of benzene rings is 2. The van der Waals surface area contributed by atoms with Crippen LogP contribution in [0, 0.1) is 0 Å². The van der Waals surface area contributed by atoms with Crippen LogP contribution >= 0.6 is 0 Å². The van der Waals surface area contributed by atoms with E-state index >= 15 is 0 Å². The molecule has 0 unspecified atom stereocenters. The third-order valence-electron chi connectivity index (χ3n) is 11.0. The van der Waals surface area contributed by atoms with Gasteiger partial charge in [-0.25, -0.2) is 9.59 Å². The first-order chi connectivity index (χ1) is 25.0. The molecule has 3 N–H and O–H groups in total. The van der Waals surface area contributed by atoms with Crippen LogP contribution in [0.2, 0.25) is 0 Å². The number of fused-ring (bicyclic) bond motifs is 1. The molecule has 2 aromatic rings. The first-order valence-corrected chi connectivity index (χ1v) is 18.5. The van der Waals surface area contributed by atoms with E-state index in [9.17, 15) is 29.1 Å².